The molecule has 0 amide bonds. The molecule has 0 aliphatic rings. The summed E-state index contributed by atoms with van der Waals surface area (Å²) in [6.45, 7) is 0. The molecular formula is C8H11O6. The first-order valence-corrected chi connectivity index (χ1v) is 4.08. The maximum Gasteiger partial charge on any atom is 0.355 e. The van der Waals surface area contributed by atoms with Crippen LogP contribution in [0.3, 0.4) is 0 Å². The molecule has 1 atom stereocenters. The summed E-state index contributed by atoms with van der Waals surface area (Å²) in [7, 11) is 0. The van der Waals surface area contributed by atoms with E-state index in [-0.39, 0.29) is 19.3 Å². The van der Waals surface area contributed by atoms with Gasteiger partial charge in [0.1, 0.15) is 0 Å². The Labute approximate surface area is 80.2 Å². The highest BCUT2D eigenvalue weighted by molar-refractivity contribution is 5.77. The Hall–Kier alpha value is -1.59. The van der Waals surface area contributed by atoms with Crippen LogP contribution in [-0.4, -0.2) is 28.1 Å². The van der Waals surface area contributed by atoms with Crippen LogP contribution in [0.25, 0.3) is 0 Å². The van der Waals surface area contributed by atoms with Gasteiger partial charge in [-0.3, -0.25) is 9.59 Å². The molecule has 0 aromatic carbocycles. The summed E-state index contributed by atoms with van der Waals surface area (Å²) in [6, 6.07) is 0. The van der Waals surface area contributed by atoms with Gasteiger partial charge in [0.25, 0.3) is 0 Å². The van der Waals surface area contributed by atoms with Crippen molar-refractivity contribution in [1.29, 1.82) is 0 Å². The molecule has 1 radical (unpaired) electrons. The SMILES string of the molecule is [O]C(=O)CCCC(CC(=O)O)C(=O)O. The number of hydrogen-bond acceptors (Lipinski definition) is 3. The van der Waals surface area contributed by atoms with E-state index in [0.717, 1.165) is 0 Å². The number of aliphatic carboxylic acids is 2. The van der Waals surface area contributed by atoms with Crippen LogP contribution in [-0.2, 0) is 19.5 Å². The van der Waals surface area contributed by atoms with Crippen molar-refractivity contribution in [1.82, 2.24) is 0 Å². The van der Waals surface area contributed by atoms with E-state index in [9.17, 15) is 19.5 Å². The van der Waals surface area contributed by atoms with E-state index in [1.54, 1.807) is 0 Å². The van der Waals surface area contributed by atoms with Gasteiger partial charge in [0.05, 0.1) is 18.8 Å². The largest absolute Gasteiger partial charge is 0.481 e. The monoisotopic (exact) mass is 203 g/mol. The molecule has 79 valence electrons. The molecule has 6 nitrogen and oxygen atoms in total. The number of carbonyl (C=O) groups is 3. The van der Waals surface area contributed by atoms with E-state index in [1.165, 1.54) is 0 Å². The van der Waals surface area contributed by atoms with Gasteiger partial charge in [-0.25, -0.2) is 9.90 Å². The molecule has 0 heterocycles. The molecule has 0 saturated heterocycles. The molecule has 0 aliphatic heterocycles. The molecule has 0 bridgehead atoms. The summed E-state index contributed by atoms with van der Waals surface area (Å²) in [5.74, 6) is -4.70. The third-order valence-electron chi connectivity index (χ3n) is 1.70. The van der Waals surface area contributed by atoms with Crippen LogP contribution in [0.2, 0.25) is 0 Å². The fourth-order valence-corrected chi connectivity index (χ4v) is 1.02. The minimum Gasteiger partial charge on any atom is -0.481 e. The molecule has 0 saturated carbocycles. The number of carboxylic acid groups (broad SMARTS) is 2. The van der Waals surface area contributed by atoms with Crippen molar-refractivity contribution < 1.29 is 29.7 Å². The summed E-state index contributed by atoms with van der Waals surface area (Å²) in [5.41, 5.74) is 0. The Morgan fingerprint density at radius 1 is 1.14 bits per heavy atom. The van der Waals surface area contributed by atoms with Crippen LogP contribution in [0, 0.1) is 5.92 Å². The molecule has 1 unspecified atom stereocenters. The number of hydrogen-bond donors (Lipinski definition) is 2. The second-order valence-electron chi connectivity index (χ2n) is 2.90. The average molecular weight is 203 g/mol. The Balaban J connectivity index is 3.91. The standard InChI is InChI=1S/C8H11O6/c9-6(10)3-1-2-5(8(13)14)4-7(11)12/h5H,1-4H2,(H,11,12)(H,13,14). The molecule has 0 rings (SSSR count). The van der Waals surface area contributed by atoms with Crippen LogP contribution in [0.1, 0.15) is 25.7 Å². The second-order valence-corrected chi connectivity index (χ2v) is 2.90. The molecule has 0 fully saturated rings. The van der Waals surface area contributed by atoms with Gasteiger partial charge < -0.3 is 10.2 Å². The Morgan fingerprint density at radius 2 is 1.71 bits per heavy atom. The van der Waals surface area contributed by atoms with E-state index >= 15 is 0 Å². The highest BCUT2D eigenvalue weighted by atomic mass is 16.4. The normalized spacial score (nSPS) is 12.0. The highest BCUT2D eigenvalue weighted by Crippen LogP contribution is 2.13. The van der Waals surface area contributed by atoms with Crippen molar-refractivity contribution in [3.8, 4) is 0 Å². The fraction of sp³-hybridized carbons (Fsp3) is 0.625. The van der Waals surface area contributed by atoms with Crippen LogP contribution >= 0.6 is 0 Å². The lowest BCUT2D eigenvalue weighted by Crippen LogP contribution is -2.18. The summed E-state index contributed by atoms with van der Waals surface area (Å²) in [4.78, 5) is 30.7. The lowest BCUT2D eigenvalue weighted by molar-refractivity contribution is -0.149. The van der Waals surface area contributed by atoms with Gasteiger partial charge in [-0.2, -0.15) is 0 Å². The fourth-order valence-electron chi connectivity index (χ4n) is 1.02. The van der Waals surface area contributed by atoms with Crippen LogP contribution in [0.5, 0.6) is 0 Å². The van der Waals surface area contributed by atoms with E-state index in [2.05, 4.69) is 0 Å². The lowest BCUT2D eigenvalue weighted by atomic mass is 9.99. The predicted molar refractivity (Wildman–Crippen MR) is 42.9 cm³/mol. The van der Waals surface area contributed by atoms with Gasteiger partial charge in [0, 0.05) is 0 Å². The van der Waals surface area contributed by atoms with Gasteiger partial charge >= 0.3 is 17.9 Å². The number of rotatable bonds is 7. The molecule has 2 N–H and O–H groups in total. The molecule has 14 heavy (non-hydrogen) atoms. The zero-order valence-corrected chi connectivity index (χ0v) is 7.43. The van der Waals surface area contributed by atoms with Crippen molar-refractivity contribution in [3.05, 3.63) is 0 Å². The molecule has 0 aromatic rings. The van der Waals surface area contributed by atoms with Crippen molar-refractivity contribution in [2.45, 2.75) is 25.7 Å². The van der Waals surface area contributed by atoms with Gasteiger partial charge in [0.15, 0.2) is 0 Å². The minimum absolute atomic E-state index is 0.0373. The molecule has 0 spiro atoms. The molecular weight excluding hydrogens is 192 g/mol. The molecule has 6 heteroatoms. The highest BCUT2D eigenvalue weighted by Gasteiger charge is 2.20. The van der Waals surface area contributed by atoms with Crippen molar-refractivity contribution in [3.63, 3.8) is 0 Å². The van der Waals surface area contributed by atoms with Crippen molar-refractivity contribution in [2.24, 2.45) is 5.92 Å². The summed E-state index contributed by atoms with van der Waals surface area (Å²) < 4.78 is 0. The maximum absolute atomic E-state index is 10.5. The third kappa shape index (κ3) is 5.99. The molecule has 0 aromatic heterocycles. The lowest BCUT2D eigenvalue weighted by Gasteiger charge is -2.07. The van der Waals surface area contributed by atoms with Crippen LogP contribution in [0.15, 0.2) is 0 Å². The Morgan fingerprint density at radius 3 is 2.07 bits per heavy atom. The Kier molecular flexibility index (Phi) is 5.28. The smallest absolute Gasteiger partial charge is 0.355 e. The van der Waals surface area contributed by atoms with Crippen LogP contribution in [0.4, 0.5) is 0 Å². The first-order valence-electron chi connectivity index (χ1n) is 4.08. The minimum atomic E-state index is -1.26. The number of carbonyl (C=O) groups excluding carboxylic acids is 1. The van der Waals surface area contributed by atoms with Gasteiger partial charge in [0.2, 0.25) is 0 Å². The molecule has 0 aliphatic carbocycles. The summed E-state index contributed by atoms with van der Waals surface area (Å²) >= 11 is 0. The summed E-state index contributed by atoms with van der Waals surface area (Å²) in [6.07, 6.45) is -0.575. The van der Waals surface area contributed by atoms with Crippen molar-refractivity contribution in [2.75, 3.05) is 0 Å². The van der Waals surface area contributed by atoms with Gasteiger partial charge in [-0.1, -0.05) is 0 Å². The van der Waals surface area contributed by atoms with Crippen molar-refractivity contribution >= 4 is 17.9 Å². The topological polar surface area (TPSA) is 112 Å². The zero-order valence-electron chi connectivity index (χ0n) is 7.43. The third-order valence-corrected chi connectivity index (χ3v) is 1.70. The van der Waals surface area contributed by atoms with E-state index in [0.29, 0.717) is 0 Å². The number of carboxylic acids is 2. The average Bonchev–Trinajstić information content (AvgIpc) is 2.00. The predicted octanol–water partition coefficient (Wildman–Crippen LogP) is 0.289. The van der Waals surface area contributed by atoms with E-state index < -0.39 is 30.2 Å². The first kappa shape index (κ1) is 12.4. The second kappa shape index (κ2) is 5.95. The summed E-state index contributed by atoms with van der Waals surface area (Å²) in [5, 5.41) is 26.9. The zero-order chi connectivity index (χ0) is 11.1. The van der Waals surface area contributed by atoms with Crippen LogP contribution < -0.4 is 0 Å². The first-order chi connectivity index (χ1) is 6.43. The Bertz CT molecular complexity index is 234. The maximum atomic E-state index is 10.5. The van der Waals surface area contributed by atoms with Gasteiger partial charge in [-0.05, 0) is 12.8 Å². The van der Waals surface area contributed by atoms with E-state index in [4.69, 9.17) is 10.2 Å². The van der Waals surface area contributed by atoms with Gasteiger partial charge in [-0.15, -0.1) is 0 Å². The quantitative estimate of drug-likeness (QED) is 0.617. The van der Waals surface area contributed by atoms with E-state index in [1.807, 2.05) is 0 Å².